The summed E-state index contributed by atoms with van der Waals surface area (Å²) >= 11 is 0. The third kappa shape index (κ3) is 6.44. The van der Waals surface area contributed by atoms with Crippen LogP contribution in [0.3, 0.4) is 0 Å². The Hall–Kier alpha value is -3.74. The molecule has 0 bridgehead atoms. The Morgan fingerprint density at radius 2 is 1.74 bits per heavy atom. The molecule has 1 heterocycles. The topological polar surface area (TPSA) is 108 Å². The number of benzene rings is 2. The van der Waals surface area contributed by atoms with E-state index in [2.05, 4.69) is 22.5 Å². The van der Waals surface area contributed by atoms with Gasteiger partial charge in [-0.15, -0.1) is 0 Å². The Labute approximate surface area is 206 Å². The molecule has 7 heteroatoms. The van der Waals surface area contributed by atoms with Gasteiger partial charge in [0.25, 0.3) is 5.91 Å². The van der Waals surface area contributed by atoms with Crippen molar-refractivity contribution in [1.82, 2.24) is 10.3 Å². The Morgan fingerprint density at radius 3 is 2.40 bits per heavy atom. The number of fused-ring (bicyclic) bond motifs is 1. The number of hydrogen-bond acceptors (Lipinski definition) is 4. The van der Waals surface area contributed by atoms with Crippen LogP contribution in [0.1, 0.15) is 62.4 Å². The maximum absolute atomic E-state index is 12.9. The number of carbonyl (C=O) groups excluding carboxylic acids is 2. The fourth-order valence-electron chi connectivity index (χ4n) is 4.00. The van der Waals surface area contributed by atoms with E-state index in [1.807, 2.05) is 38.1 Å². The zero-order chi connectivity index (χ0) is 25.4. The number of nitrogens with one attached hydrogen (secondary N) is 2. The molecule has 2 atom stereocenters. The molecule has 1 aromatic heterocycles. The molecular formula is C28H33N3O4. The molecular weight excluding hydrogens is 442 g/mol. The van der Waals surface area contributed by atoms with Gasteiger partial charge in [0.1, 0.15) is 6.04 Å². The SMILES string of the molecule is CCCCC(C)(CC)C(=O)N[C@@H](Cc1ccc(NC(=O)c2ccnc3ccccc23)cc1)C(=O)O. The first kappa shape index (κ1) is 25.9. The summed E-state index contributed by atoms with van der Waals surface area (Å²) in [6, 6.07) is 15.1. The largest absolute Gasteiger partial charge is 0.480 e. The third-order valence-corrected chi connectivity index (χ3v) is 6.56. The van der Waals surface area contributed by atoms with Crippen molar-refractivity contribution in [2.75, 3.05) is 5.32 Å². The molecule has 0 saturated carbocycles. The van der Waals surface area contributed by atoms with E-state index >= 15 is 0 Å². The van der Waals surface area contributed by atoms with E-state index in [1.54, 1.807) is 36.5 Å². The van der Waals surface area contributed by atoms with Gasteiger partial charge in [-0.1, -0.05) is 63.9 Å². The van der Waals surface area contributed by atoms with Gasteiger partial charge in [-0.2, -0.15) is 0 Å². The molecule has 0 aliphatic carbocycles. The summed E-state index contributed by atoms with van der Waals surface area (Å²) in [6.45, 7) is 5.91. The summed E-state index contributed by atoms with van der Waals surface area (Å²) in [5, 5.41) is 16.1. The monoisotopic (exact) mass is 475 g/mol. The highest BCUT2D eigenvalue weighted by Gasteiger charge is 2.33. The number of unbranched alkanes of at least 4 members (excludes halogenated alkanes) is 1. The highest BCUT2D eigenvalue weighted by atomic mass is 16.4. The van der Waals surface area contributed by atoms with Crippen molar-refractivity contribution in [3.05, 3.63) is 71.9 Å². The molecule has 3 rings (SSSR count). The fraction of sp³-hybridized carbons (Fsp3) is 0.357. The molecule has 7 nitrogen and oxygen atoms in total. The van der Waals surface area contributed by atoms with Gasteiger partial charge in [-0.25, -0.2) is 4.79 Å². The zero-order valence-electron chi connectivity index (χ0n) is 20.5. The van der Waals surface area contributed by atoms with Gasteiger partial charge >= 0.3 is 5.97 Å². The van der Waals surface area contributed by atoms with Crippen LogP contribution in [0.4, 0.5) is 5.69 Å². The lowest BCUT2D eigenvalue weighted by Crippen LogP contribution is -2.48. The number of pyridine rings is 1. The van der Waals surface area contributed by atoms with Crippen LogP contribution in [-0.4, -0.2) is 33.9 Å². The maximum Gasteiger partial charge on any atom is 0.326 e. The summed E-state index contributed by atoms with van der Waals surface area (Å²) in [4.78, 5) is 41.9. The number of nitrogens with zero attached hydrogens (tertiary/aromatic N) is 1. The van der Waals surface area contributed by atoms with Crippen molar-refractivity contribution in [2.24, 2.45) is 5.41 Å². The third-order valence-electron chi connectivity index (χ3n) is 6.56. The molecule has 0 spiro atoms. The van der Waals surface area contributed by atoms with Crippen LogP contribution in [0.15, 0.2) is 60.8 Å². The fourth-order valence-corrected chi connectivity index (χ4v) is 4.00. The molecule has 0 saturated heterocycles. The van der Waals surface area contributed by atoms with E-state index in [1.165, 1.54) is 0 Å². The van der Waals surface area contributed by atoms with Gasteiger partial charge in [0, 0.05) is 29.1 Å². The number of hydrogen-bond donors (Lipinski definition) is 3. The normalized spacial score (nSPS) is 13.6. The van der Waals surface area contributed by atoms with Crippen LogP contribution >= 0.6 is 0 Å². The number of carboxylic acids is 1. The number of anilines is 1. The number of carboxylic acid groups (broad SMARTS) is 1. The highest BCUT2D eigenvalue weighted by Crippen LogP contribution is 2.28. The quantitative estimate of drug-likeness (QED) is 0.353. The molecule has 0 aliphatic rings. The zero-order valence-corrected chi connectivity index (χ0v) is 20.5. The smallest absolute Gasteiger partial charge is 0.326 e. The molecule has 35 heavy (non-hydrogen) atoms. The van der Waals surface area contributed by atoms with E-state index in [9.17, 15) is 19.5 Å². The molecule has 2 amide bonds. The van der Waals surface area contributed by atoms with Crippen molar-refractivity contribution >= 4 is 34.4 Å². The molecule has 0 radical (unpaired) electrons. The number of carbonyl (C=O) groups is 3. The van der Waals surface area contributed by atoms with Crippen LogP contribution in [0, 0.1) is 5.41 Å². The van der Waals surface area contributed by atoms with Gasteiger partial charge in [-0.05, 0) is 42.7 Å². The summed E-state index contributed by atoms with van der Waals surface area (Å²) < 4.78 is 0. The number of amides is 2. The Kier molecular flexibility index (Phi) is 8.58. The molecule has 184 valence electrons. The average Bonchev–Trinajstić information content (AvgIpc) is 2.87. The van der Waals surface area contributed by atoms with Gasteiger partial charge in [0.2, 0.25) is 5.91 Å². The molecule has 0 aliphatic heterocycles. The average molecular weight is 476 g/mol. The summed E-state index contributed by atoms with van der Waals surface area (Å²) in [5.74, 6) is -1.55. The second kappa shape index (κ2) is 11.6. The lowest BCUT2D eigenvalue weighted by molar-refractivity contribution is -0.143. The number of rotatable bonds is 11. The minimum Gasteiger partial charge on any atom is -0.480 e. The number of aromatic nitrogens is 1. The van der Waals surface area contributed by atoms with Crippen molar-refractivity contribution in [1.29, 1.82) is 0 Å². The van der Waals surface area contributed by atoms with E-state index in [0.717, 1.165) is 35.7 Å². The van der Waals surface area contributed by atoms with E-state index < -0.39 is 17.4 Å². The second-order valence-corrected chi connectivity index (χ2v) is 9.11. The molecule has 3 aromatic rings. The van der Waals surface area contributed by atoms with Crippen LogP contribution in [0.25, 0.3) is 10.9 Å². The predicted octanol–water partition coefficient (Wildman–Crippen LogP) is 5.21. The van der Waals surface area contributed by atoms with Crippen molar-refractivity contribution in [3.8, 4) is 0 Å². The minimum atomic E-state index is -1.07. The van der Waals surface area contributed by atoms with Gasteiger partial charge < -0.3 is 15.7 Å². The molecule has 0 fully saturated rings. The number of aliphatic carboxylic acids is 1. The maximum atomic E-state index is 12.9. The second-order valence-electron chi connectivity index (χ2n) is 9.11. The summed E-state index contributed by atoms with van der Waals surface area (Å²) in [7, 11) is 0. The Bertz CT molecular complexity index is 1190. The molecule has 2 aromatic carbocycles. The minimum absolute atomic E-state index is 0.151. The lowest BCUT2D eigenvalue weighted by Gasteiger charge is -2.28. The van der Waals surface area contributed by atoms with Crippen molar-refractivity contribution in [3.63, 3.8) is 0 Å². The Balaban J connectivity index is 1.67. The lowest BCUT2D eigenvalue weighted by atomic mass is 9.81. The van der Waals surface area contributed by atoms with Crippen LogP contribution in [-0.2, 0) is 16.0 Å². The molecule has 3 N–H and O–H groups in total. The van der Waals surface area contributed by atoms with Crippen molar-refractivity contribution < 1.29 is 19.5 Å². The first-order chi connectivity index (χ1) is 16.8. The van der Waals surface area contributed by atoms with Crippen LogP contribution in [0.2, 0.25) is 0 Å². The van der Waals surface area contributed by atoms with E-state index in [4.69, 9.17) is 0 Å². The van der Waals surface area contributed by atoms with Gasteiger partial charge in [0.15, 0.2) is 0 Å². The van der Waals surface area contributed by atoms with Crippen LogP contribution < -0.4 is 10.6 Å². The van der Waals surface area contributed by atoms with Gasteiger partial charge in [0.05, 0.1) is 11.1 Å². The van der Waals surface area contributed by atoms with Gasteiger partial charge in [-0.3, -0.25) is 14.6 Å². The standard InChI is InChI=1S/C28H33N3O4/c1-4-6-16-28(3,5-2)27(35)31-24(26(33)34)18-19-11-13-20(14-12-19)30-25(32)22-15-17-29-23-10-8-7-9-21(22)23/h7-15,17,24H,4-6,16,18H2,1-3H3,(H,30,32)(H,31,35)(H,33,34)/t24-,28?/m0/s1. The summed E-state index contributed by atoms with van der Waals surface area (Å²) in [5.41, 5.74) is 2.02. The first-order valence-corrected chi connectivity index (χ1v) is 12.0. The highest BCUT2D eigenvalue weighted by molar-refractivity contribution is 6.12. The molecule has 1 unspecified atom stereocenters. The van der Waals surface area contributed by atoms with E-state index in [-0.39, 0.29) is 18.2 Å². The summed E-state index contributed by atoms with van der Waals surface area (Å²) in [6.07, 6.45) is 5.01. The number of para-hydroxylation sites is 1. The first-order valence-electron chi connectivity index (χ1n) is 12.0. The Morgan fingerprint density at radius 1 is 1.03 bits per heavy atom. The van der Waals surface area contributed by atoms with Crippen LogP contribution in [0.5, 0.6) is 0 Å². The predicted molar refractivity (Wildman–Crippen MR) is 137 cm³/mol. The van der Waals surface area contributed by atoms with Crippen molar-refractivity contribution in [2.45, 2.75) is 58.9 Å². The van der Waals surface area contributed by atoms with E-state index in [0.29, 0.717) is 17.7 Å².